The van der Waals surface area contributed by atoms with Gasteiger partial charge >= 0.3 is 6.03 Å². The van der Waals surface area contributed by atoms with Crippen molar-refractivity contribution in [2.75, 3.05) is 20.2 Å². The van der Waals surface area contributed by atoms with E-state index in [0.29, 0.717) is 13.2 Å². The van der Waals surface area contributed by atoms with Crippen molar-refractivity contribution in [3.05, 3.63) is 29.8 Å². The molecular weight excluding hydrogens is 306 g/mol. The minimum atomic E-state index is -0.457. The minimum Gasteiger partial charge on any atom is -0.494 e. The molecule has 0 aliphatic heterocycles. The average Bonchev–Trinajstić information content (AvgIpc) is 2.45. The number of carbonyl (C=O) groups excluding carboxylic acids is 2. The Bertz CT molecular complexity index is 535. The standard InChI is InChI=1S/C18H29N3O3/c1-6-24-15-9-7-14(8-10-15)13-21(5)12-11-16(22)19-17(23)20-18(2,3)4/h7-10H,6,11-13H2,1-5H3,(H2,19,20,22,23). The van der Waals surface area contributed by atoms with Gasteiger partial charge in [-0.2, -0.15) is 0 Å². The first kappa shape index (κ1) is 20.0. The normalized spacial score (nSPS) is 11.2. The summed E-state index contributed by atoms with van der Waals surface area (Å²) in [4.78, 5) is 25.5. The smallest absolute Gasteiger partial charge is 0.321 e. The molecular formula is C18H29N3O3. The largest absolute Gasteiger partial charge is 0.494 e. The highest BCUT2D eigenvalue weighted by atomic mass is 16.5. The highest BCUT2D eigenvalue weighted by molar-refractivity contribution is 5.94. The van der Waals surface area contributed by atoms with Crippen LogP contribution in [0.2, 0.25) is 0 Å². The Balaban J connectivity index is 2.33. The maximum absolute atomic E-state index is 11.8. The molecule has 3 amide bonds. The molecule has 0 aliphatic carbocycles. The van der Waals surface area contributed by atoms with E-state index >= 15 is 0 Å². The molecule has 0 heterocycles. The Labute approximate surface area is 144 Å². The summed E-state index contributed by atoms with van der Waals surface area (Å²) in [7, 11) is 1.94. The molecule has 1 rings (SSSR count). The second kappa shape index (κ2) is 9.27. The first-order chi connectivity index (χ1) is 11.2. The van der Waals surface area contributed by atoms with Crippen LogP contribution in [0.25, 0.3) is 0 Å². The zero-order chi connectivity index (χ0) is 18.2. The van der Waals surface area contributed by atoms with Gasteiger partial charge in [0.1, 0.15) is 5.75 Å². The molecule has 0 aliphatic rings. The van der Waals surface area contributed by atoms with Crippen molar-refractivity contribution in [2.24, 2.45) is 0 Å². The summed E-state index contributed by atoms with van der Waals surface area (Å²) < 4.78 is 5.41. The van der Waals surface area contributed by atoms with Gasteiger partial charge in [0.15, 0.2) is 0 Å². The van der Waals surface area contributed by atoms with Crippen molar-refractivity contribution in [1.82, 2.24) is 15.5 Å². The van der Waals surface area contributed by atoms with Gasteiger partial charge in [-0.3, -0.25) is 10.1 Å². The quantitative estimate of drug-likeness (QED) is 0.803. The van der Waals surface area contributed by atoms with Crippen LogP contribution in [-0.2, 0) is 11.3 Å². The lowest BCUT2D eigenvalue weighted by molar-refractivity contribution is -0.120. The molecule has 1 aromatic rings. The number of nitrogens with zero attached hydrogens (tertiary/aromatic N) is 1. The van der Waals surface area contributed by atoms with Gasteiger partial charge in [-0.05, 0) is 52.4 Å². The van der Waals surface area contributed by atoms with Crippen molar-refractivity contribution < 1.29 is 14.3 Å². The van der Waals surface area contributed by atoms with E-state index in [9.17, 15) is 9.59 Å². The molecule has 0 saturated heterocycles. The van der Waals surface area contributed by atoms with Crippen molar-refractivity contribution >= 4 is 11.9 Å². The maximum Gasteiger partial charge on any atom is 0.321 e. The number of nitrogens with one attached hydrogen (secondary N) is 2. The molecule has 1 aromatic carbocycles. The second-order valence-corrected chi connectivity index (χ2v) is 6.82. The van der Waals surface area contributed by atoms with Crippen LogP contribution in [0.4, 0.5) is 4.79 Å². The fraction of sp³-hybridized carbons (Fsp3) is 0.556. The number of rotatable bonds is 7. The second-order valence-electron chi connectivity index (χ2n) is 6.82. The molecule has 0 fully saturated rings. The van der Waals surface area contributed by atoms with E-state index in [2.05, 4.69) is 10.6 Å². The molecule has 0 bridgehead atoms. The summed E-state index contributed by atoms with van der Waals surface area (Å²) in [5, 5.41) is 5.04. The van der Waals surface area contributed by atoms with E-state index < -0.39 is 6.03 Å². The third-order valence-corrected chi connectivity index (χ3v) is 3.15. The Kier molecular flexibility index (Phi) is 7.71. The van der Waals surface area contributed by atoms with Crippen LogP contribution in [-0.4, -0.2) is 42.6 Å². The lowest BCUT2D eigenvalue weighted by Gasteiger charge is -2.21. The summed E-state index contributed by atoms with van der Waals surface area (Å²) >= 11 is 0. The number of benzene rings is 1. The Morgan fingerprint density at radius 3 is 2.33 bits per heavy atom. The van der Waals surface area contributed by atoms with Gasteiger partial charge in [-0.25, -0.2) is 4.79 Å². The highest BCUT2D eigenvalue weighted by Crippen LogP contribution is 2.13. The van der Waals surface area contributed by atoms with Crippen LogP contribution in [0.5, 0.6) is 5.75 Å². The van der Waals surface area contributed by atoms with Crippen LogP contribution in [0.15, 0.2) is 24.3 Å². The topological polar surface area (TPSA) is 70.7 Å². The fourth-order valence-corrected chi connectivity index (χ4v) is 2.10. The Hall–Kier alpha value is -2.08. The first-order valence-corrected chi connectivity index (χ1v) is 8.22. The molecule has 24 heavy (non-hydrogen) atoms. The van der Waals surface area contributed by atoms with Gasteiger partial charge in [0.2, 0.25) is 5.91 Å². The predicted octanol–water partition coefficient (Wildman–Crippen LogP) is 2.53. The van der Waals surface area contributed by atoms with Gasteiger partial charge in [0.05, 0.1) is 6.61 Å². The zero-order valence-corrected chi connectivity index (χ0v) is 15.3. The van der Waals surface area contributed by atoms with Crippen molar-refractivity contribution in [1.29, 1.82) is 0 Å². The fourth-order valence-electron chi connectivity index (χ4n) is 2.10. The van der Waals surface area contributed by atoms with Crippen LogP contribution in [0, 0.1) is 0 Å². The van der Waals surface area contributed by atoms with Crippen LogP contribution in [0.3, 0.4) is 0 Å². The first-order valence-electron chi connectivity index (χ1n) is 8.22. The van der Waals surface area contributed by atoms with Crippen LogP contribution in [0.1, 0.15) is 39.7 Å². The molecule has 0 spiro atoms. The van der Waals surface area contributed by atoms with E-state index in [1.807, 2.05) is 63.9 Å². The van der Waals surface area contributed by atoms with E-state index in [1.165, 1.54) is 0 Å². The molecule has 0 aromatic heterocycles. The van der Waals surface area contributed by atoms with Crippen molar-refractivity contribution in [3.63, 3.8) is 0 Å². The molecule has 6 heteroatoms. The molecule has 0 unspecified atom stereocenters. The van der Waals surface area contributed by atoms with Crippen molar-refractivity contribution in [3.8, 4) is 5.75 Å². The molecule has 6 nitrogen and oxygen atoms in total. The van der Waals surface area contributed by atoms with Gasteiger partial charge in [0.25, 0.3) is 0 Å². The molecule has 0 radical (unpaired) electrons. The number of hydrogen-bond donors (Lipinski definition) is 2. The zero-order valence-electron chi connectivity index (χ0n) is 15.3. The van der Waals surface area contributed by atoms with Gasteiger partial charge in [-0.15, -0.1) is 0 Å². The van der Waals surface area contributed by atoms with E-state index in [0.717, 1.165) is 17.9 Å². The number of ether oxygens (including phenoxy) is 1. The number of imide groups is 1. The maximum atomic E-state index is 11.8. The van der Waals surface area contributed by atoms with Crippen molar-refractivity contribution in [2.45, 2.75) is 46.2 Å². The third-order valence-electron chi connectivity index (χ3n) is 3.15. The lowest BCUT2D eigenvalue weighted by Crippen LogP contribution is -2.48. The Morgan fingerprint density at radius 1 is 1.17 bits per heavy atom. The summed E-state index contributed by atoms with van der Waals surface area (Å²) in [6.45, 7) is 9.49. The molecule has 0 saturated carbocycles. The van der Waals surface area contributed by atoms with Gasteiger partial charge in [-0.1, -0.05) is 12.1 Å². The highest BCUT2D eigenvalue weighted by Gasteiger charge is 2.15. The summed E-state index contributed by atoms with van der Waals surface area (Å²) in [6, 6.07) is 7.45. The van der Waals surface area contributed by atoms with Crippen LogP contribution < -0.4 is 15.4 Å². The summed E-state index contributed by atoms with van der Waals surface area (Å²) in [6.07, 6.45) is 0.269. The summed E-state index contributed by atoms with van der Waals surface area (Å²) in [5.41, 5.74) is 0.779. The van der Waals surface area contributed by atoms with Gasteiger partial charge < -0.3 is 15.0 Å². The Morgan fingerprint density at radius 2 is 1.79 bits per heavy atom. The SMILES string of the molecule is CCOc1ccc(CN(C)CCC(=O)NC(=O)NC(C)(C)C)cc1. The number of amides is 3. The number of urea groups is 1. The van der Waals surface area contributed by atoms with E-state index in [-0.39, 0.29) is 17.9 Å². The minimum absolute atomic E-state index is 0.269. The molecule has 2 N–H and O–H groups in total. The van der Waals surface area contributed by atoms with Crippen LogP contribution >= 0.6 is 0 Å². The lowest BCUT2D eigenvalue weighted by atomic mass is 10.1. The number of carbonyl (C=O) groups is 2. The van der Waals surface area contributed by atoms with Gasteiger partial charge in [0, 0.05) is 25.0 Å². The number of hydrogen-bond acceptors (Lipinski definition) is 4. The molecule has 0 atom stereocenters. The van der Waals surface area contributed by atoms with E-state index in [1.54, 1.807) is 0 Å². The predicted molar refractivity (Wildman–Crippen MR) is 95.0 cm³/mol. The molecule has 134 valence electrons. The third kappa shape index (κ3) is 8.53. The monoisotopic (exact) mass is 335 g/mol. The average molecular weight is 335 g/mol. The van der Waals surface area contributed by atoms with E-state index in [4.69, 9.17) is 4.74 Å². The summed E-state index contributed by atoms with van der Waals surface area (Å²) in [5.74, 6) is 0.573.